The Morgan fingerprint density at radius 2 is 2.00 bits per heavy atom. The Morgan fingerprint density at radius 1 is 1.35 bits per heavy atom. The number of methoxy groups -OCH3 is 1. The van der Waals surface area contributed by atoms with Gasteiger partial charge in [-0.05, 0) is 37.1 Å². The zero-order chi connectivity index (χ0) is 12.7. The molecule has 0 saturated carbocycles. The lowest BCUT2D eigenvalue weighted by atomic mass is 10.2. The first-order chi connectivity index (χ1) is 8.21. The lowest BCUT2D eigenvalue weighted by molar-refractivity contribution is 0.251. The first kappa shape index (κ1) is 13.4. The Balaban J connectivity index is 2.68. The highest BCUT2D eigenvalue weighted by molar-refractivity contribution is 5.27. The third-order valence-corrected chi connectivity index (χ3v) is 2.77. The molecule has 0 saturated heterocycles. The maximum Gasteiger partial charge on any atom is 0.118 e. The van der Waals surface area contributed by atoms with E-state index in [0.29, 0.717) is 0 Å². The molecule has 0 amide bonds. The van der Waals surface area contributed by atoms with Crippen LogP contribution in [0.2, 0.25) is 0 Å². The zero-order valence-corrected chi connectivity index (χ0v) is 10.6. The SMILES string of the molecule is CCN(Cc1ccc(OC)cc1)C(C)C#CO. The summed E-state index contributed by atoms with van der Waals surface area (Å²) >= 11 is 0. The second-order valence-electron chi connectivity index (χ2n) is 3.84. The van der Waals surface area contributed by atoms with Gasteiger partial charge in [-0.1, -0.05) is 19.1 Å². The lowest BCUT2D eigenvalue weighted by Crippen LogP contribution is -2.31. The van der Waals surface area contributed by atoms with E-state index in [1.54, 1.807) is 7.11 Å². The van der Waals surface area contributed by atoms with Crippen molar-refractivity contribution in [3.05, 3.63) is 29.8 Å². The van der Waals surface area contributed by atoms with Gasteiger partial charge in [0.05, 0.1) is 13.2 Å². The van der Waals surface area contributed by atoms with Crippen molar-refractivity contribution in [3.8, 4) is 17.8 Å². The van der Waals surface area contributed by atoms with Gasteiger partial charge in [-0.3, -0.25) is 4.90 Å². The molecule has 17 heavy (non-hydrogen) atoms. The third-order valence-electron chi connectivity index (χ3n) is 2.77. The number of ether oxygens (including phenoxy) is 1. The van der Waals surface area contributed by atoms with Crippen LogP contribution < -0.4 is 4.74 Å². The molecule has 1 aromatic rings. The molecule has 0 aromatic heterocycles. The van der Waals surface area contributed by atoms with E-state index in [0.717, 1.165) is 18.8 Å². The van der Waals surface area contributed by atoms with E-state index in [-0.39, 0.29) is 6.04 Å². The van der Waals surface area contributed by atoms with Crippen molar-refractivity contribution in [1.82, 2.24) is 4.90 Å². The van der Waals surface area contributed by atoms with Crippen molar-refractivity contribution in [3.63, 3.8) is 0 Å². The summed E-state index contributed by atoms with van der Waals surface area (Å²) < 4.78 is 5.12. The average Bonchev–Trinajstić information content (AvgIpc) is 2.37. The Labute approximate surface area is 103 Å². The number of aliphatic hydroxyl groups is 1. The topological polar surface area (TPSA) is 32.7 Å². The smallest absolute Gasteiger partial charge is 0.118 e. The standard InChI is InChI=1S/C14H19NO2/c1-4-15(12(2)9-10-16)11-13-5-7-14(17-3)8-6-13/h5-8,12,16H,4,11H2,1-3H3. The number of hydrogen-bond acceptors (Lipinski definition) is 3. The lowest BCUT2D eigenvalue weighted by Gasteiger charge is -2.23. The van der Waals surface area contributed by atoms with Crippen LogP contribution in [0.15, 0.2) is 24.3 Å². The molecule has 1 rings (SSSR count). The van der Waals surface area contributed by atoms with Crippen LogP contribution in [0.4, 0.5) is 0 Å². The number of aliphatic hydroxyl groups excluding tert-OH is 1. The van der Waals surface area contributed by atoms with Crippen LogP contribution in [0.1, 0.15) is 19.4 Å². The van der Waals surface area contributed by atoms with Gasteiger partial charge in [-0.15, -0.1) is 0 Å². The predicted octanol–water partition coefficient (Wildman–Crippen LogP) is 2.24. The molecule has 1 aromatic carbocycles. The summed E-state index contributed by atoms with van der Waals surface area (Å²) in [5.41, 5.74) is 1.21. The molecular formula is C14H19NO2. The molecule has 0 aliphatic carbocycles. The Hall–Kier alpha value is -1.66. The van der Waals surface area contributed by atoms with E-state index in [4.69, 9.17) is 9.84 Å². The molecule has 0 spiro atoms. The van der Waals surface area contributed by atoms with Crippen LogP contribution in [0.5, 0.6) is 5.75 Å². The Bertz CT molecular complexity index is 389. The number of hydrogen-bond donors (Lipinski definition) is 1. The molecule has 0 aliphatic rings. The molecule has 3 heteroatoms. The van der Waals surface area contributed by atoms with E-state index in [1.807, 2.05) is 37.3 Å². The maximum absolute atomic E-state index is 8.61. The van der Waals surface area contributed by atoms with E-state index in [9.17, 15) is 0 Å². The Morgan fingerprint density at radius 3 is 2.47 bits per heavy atom. The normalized spacial score (nSPS) is 11.8. The van der Waals surface area contributed by atoms with Gasteiger partial charge in [0.25, 0.3) is 0 Å². The summed E-state index contributed by atoms with van der Waals surface area (Å²) in [7, 11) is 1.66. The van der Waals surface area contributed by atoms with Crippen LogP contribution in [-0.2, 0) is 6.54 Å². The molecule has 0 aliphatic heterocycles. The fraction of sp³-hybridized carbons (Fsp3) is 0.429. The highest BCUT2D eigenvalue weighted by atomic mass is 16.5. The predicted molar refractivity (Wildman–Crippen MR) is 68.3 cm³/mol. The Kier molecular flexibility index (Phi) is 5.38. The van der Waals surface area contributed by atoms with Gasteiger partial charge in [0.15, 0.2) is 0 Å². The first-order valence-corrected chi connectivity index (χ1v) is 5.72. The van der Waals surface area contributed by atoms with Gasteiger partial charge in [0.2, 0.25) is 0 Å². The minimum absolute atomic E-state index is 0.0482. The molecule has 1 N–H and O–H groups in total. The first-order valence-electron chi connectivity index (χ1n) is 5.72. The highest BCUT2D eigenvalue weighted by Crippen LogP contribution is 2.13. The van der Waals surface area contributed by atoms with Crippen molar-refractivity contribution in [2.24, 2.45) is 0 Å². The molecule has 1 unspecified atom stereocenters. The molecule has 0 fully saturated rings. The highest BCUT2D eigenvalue weighted by Gasteiger charge is 2.10. The minimum Gasteiger partial charge on any atom is -0.497 e. The van der Waals surface area contributed by atoms with Crippen LogP contribution in [0, 0.1) is 12.0 Å². The monoisotopic (exact) mass is 233 g/mol. The second-order valence-corrected chi connectivity index (χ2v) is 3.84. The summed E-state index contributed by atoms with van der Waals surface area (Å²) in [5, 5.41) is 8.61. The van der Waals surface area contributed by atoms with Crippen molar-refractivity contribution < 1.29 is 9.84 Å². The summed E-state index contributed by atoms with van der Waals surface area (Å²) in [4.78, 5) is 2.19. The fourth-order valence-electron chi connectivity index (χ4n) is 1.67. The third kappa shape index (κ3) is 4.01. The second kappa shape index (κ2) is 6.82. The maximum atomic E-state index is 8.61. The summed E-state index contributed by atoms with van der Waals surface area (Å²) in [6, 6.07) is 8.03. The molecule has 0 bridgehead atoms. The van der Waals surface area contributed by atoms with Crippen LogP contribution >= 0.6 is 0 Å². The zero-order valence-electron chi connectivity index (χ0n) is 10.6. The van der Waals surface area contributed by atoms with Crippen molar-refractivity contribution in [1.29, 1.82) is 0 Å². The van der Waals surface area contributed by atoms with E-state index in [1.165, 1.54) is 5.56 Å². The number of nitrogens with zero attached hydrogens (tertiary/aromatic N) is 1. The van der Waals surface area contributed by atoms with Gasteiger partial charge >= 0.3 is 0 Å². The molecule has 0 heterocycles. The number of rotatable bonds is 5. The van der Waals surface area contributed by atoms with Crippen molar-refractivity contribution in [2.45, 2.75) is 26.4 Å². The van der Waals surface area contributed by atoms with Crippen LogP contribution in [0.3, 0.4) is 0 Å². The van der Waals surface area contributed by atoms with Crippen LogP contribution in [0.25, 0.3) is 0 Å². The molecule has 0 radical (unpaired) electrons. The van der Waals surface area contributed by atoms with Crippen molar-refractivity contribution in [2.75, 3.05) is 13.7 Å². The molecule has 3 nitrogen and oxygen atoms in total. The van der Waals surface area contributed by atoms with Gasteiger partial charge < -0.3 is 9.84 Å². The fourth-order valence-corrected chi connectivity index (χ4v) is 1.67. The van der Waals surface area contributed by atoms with Gasteiger partial charge in [0, 0.05) is 6.54 Å². The van der Waals surface area contributed by atoms with Gasteiger partial charge in [-0.25, -0.2) is 0 Å². The molecule has 1 atom stereocenters. The van der Waals surface area contributed by atoms with E-state index < -0.39 is 0 Å². The van der Waals surface area contributed by atoms with E-state index >= 15 is 0 Å². The van der Waals surface area contributed by atoms with Gasteiger partial charge in [-0.2, -0.15) is 0 Å². The quantitative estimate of drug-likeness (QED) is 0.792. The summed E-state index contributed by atoms with van der Waals surface area (Å²) in [6.45, 7) is 5.77. The summed E-state index contributed by atoms with van der Waals surface area (Å²) in [6.07, 6.45) is 1.97. The number of benzene rings is 1. The van der Waals surface area contributed by atoms with Gasteiger partial charge in [0.1, 0.15) is 11.9 Å². The summed E-state index contributed by atoms with van der Waals surface area (Å²) in [5.74, 6) is 3.61. The largest absolute Gasteiger partial charge is 0.497 e. The van der Waals surface area contributed by atoms with Crippen LogP contribution in [-0.4, -0.2) is 29.7 Å². The minimum atomic E-state index is 0.0482. The molecular weight excluding hydrogens is 214 g/mol. The molecule has 92 valence electrons. The van der Waals surface area contributed by atoms with E-state index in [2.05, 4.69) is 17.7 Å². The van der Waals surface area contributed by atoms with Crippen molar-refractivity contribution >= 4 is 0 Å². The average molecular weight is 233 g/mol.